The van der Waals surface area contributed by atoms with Crippen molar-refractivity contribution < 1.29 is 24.4 Å². The number of carboxylic acid groups (broad SMARTS) is 1. The monoisotopic (exact) mass is 295 g/mol. The van der Waals surface area contributed by atoms with E-state index in [1.165, 1.54) is 24.3 Å². The molecular formula is C14H17NO6. The summed E-state index contributed by atoms with van der Waals surface area (Å²) < 4.78 is 5.18. The second-order valence-electron chi connectivity index (χ2n) is 5.54. The van der Waals surface area contributed by atoms with Crippen molar-refractivity contribution in [3.8, 4) is 0 Å². The third-order valence-electron chi connectivity index (χ3n) is 2.55. The molecule has 0 saturated heterocycles. The Kier molecular flexibility index (Phi) is 5.02. The van der Waals surface area contributed by atoms with Gasteiger partial charge < -0.3 is 9.84 Å². The zero-order valence-electron chi connectivity index (χ0n) is 12.0. The fourth-order valence-electron chi connectivity index (χ4n) is 1.74. The van der Waals surface area contributed by atoms with Crippen molar-refractivity contribution in [2.24, 2.45) is 0 Å². The summed E-state index contributed by atoms with van der Waals surface area (Å²) in [5.74, 6) is -2.98. The lowest BCUT2D eigenvalue weighted by Gasteiger charge is -2.23. The fourth-order valence-corrected chi connectivity index (χ4v) is 1.74. The van der Waals surface area contributed by atoms with E-state index in [-0.39, 0.29) is 11.3 Å². The predicted molar refractivity (Wildman–Crippen MR) is 73.9 cm³/mol. The average molecular weight is 295 g/mol. The smallest absolute Gasteiger partial charge is 0.314 e. The van der Waals surface area contributed by atoms with Crippen LogP contribution in [-0.4, -0.2) is 27.6 Å². The van der Waals surface area contributed by atoms with Crippen LogP contribution in [0.3, 0.4) is 0 Å². The Bertz CT molecular complexity index is 561. The van der Waals surface area contributed by atoms with Gasteiger partial charge in [-0.25, -0.2) is 0 Å². The van der Waals surface area contributed by atoms with Crippen molar-refractivity contribution in [1.29, 1.82) is 0 Å². The molecule has 1 N–H and O–H groups in total. The number of aliphatic carboxylic acids is 1. The number of benzene rings is 1. The van der Waals surface area contributed by atoms with E-state index in [9.17, 15) is 19.7 Å². The van der Waals surface area contributed by atoms with Gasteiger partial charge in [-0.2, -0.15) is 0 Å². The van der Waals surface area contributed by atoms with E-state index in [4.69, 9.17) is 9.84 Å². The molecule has 0 amide bonds. The largest absolute Gasteiger partial charge is 0.481 e. The molecule has 0 spiro atoms. The van der Waals surface area contributed by atoms with Gasteiger partial charge in [0.25, 0.3) is 5.69 Å². The first-order valence-corrected chi connectivity index (χ1v) is 6.29. The minimum absolute atomic E-state index is 0.202. The van der Waals surface area contributed by atoms with E-state index in [1.807, 2.05) is 0 Å². The molecule has 21 heavy (non-hydrogen) atoms. The number of nitro benzene ring substituents is 1. The molecule has 7 heteroatoms. The number of hydrogen-bond acceptors (Lipinski definition) is 5. The van der Waals surface area contributed by atoms with Gasteiger partial charge in [0.1, 0.15) is 5.60 Å². The average Bonchev–Trinajstić information content (AvgIpc) is 2.33. The minimum atomic E-state index is -1.18. The highest BCUT2D eigenvalue weighted by molar-refractivity contribution is 5.84. The zero-order valence-corrected chi connectivity index (χ0v) is 12.0. The molecule has 1 rings (SSSR count). The number of carboxylic acids is 1. The molecule has 0 bridgehead atoms. The highest BCUT2D eigenvalue weighted by Crippen LogP contribution is 2.26. The summed E-state index contributed by atoms with van der Waals surface area (Å²) in [6.07, 6.45) is -0.490. The maximum absolute atomic E-state index is 12.1. The highest BCUT2D eigenvalue weighted by atomic mass is 16.6. The van der Waals surface area contributed by atoms with Crippen LogP contribution in [0.25, 0.3) is 0 Å². The third-order valence-corrected chi connectivity index (χ3v) is 2.55. The quantitative estimate of drug-likeness (QED) is 0.508. The van der Waals surface area contributed by atoms with Crippen LogP contribution in [0, 0.1) is 10.1 Å². The van der Waals surface area contributed by atoms with Crippen molar-refractivity contribution >= 4 is 17.6 Å². The van der Waals surface area contributed by atoms with Gasteiger partial charge in [0, 0.05) is 12.1 Å². The number of nitrogens with zero attached hydrogens (tertiary/aromatic N) is 1. The van der Waals surface area contributed by atoms with Crippen molar-refractivity contribution in [3.05, 3.63) is 39.9 Å². The maximum atomic E-state index is 12.1. The molecule has 0 fully saturated rings. The number of hydrogen-bond donors (Lipinski definition) is 1. The van der Waals surface area contributed by atoms with Gasteiger partial charge in [-0.15, -0.1) is 0 Å². The Morgan fingerprint density at radius 3 is 2.48 bits per heavy atom. The lowest BCUT2D eigenvalue weighted by Crippen LogP contribution is -2.29. The van der Waals surface area contributed by atoms with Crippen LogP contribution < -0.4 is 0 Å². The molecule has 0 radical (unpaired) electrons. The standard InChI is InChI=1S/C14H17NO6/c1-14(2,3)21-13(18)11(8-12(16)17)9-5-4-6-10(7-9)15(19)20/h4-7,11H,8H2,1-3H3,(H,16,17)/t11-/m1/s1. The molecule has 1 atom stereocenters. The van der Waals surface area contributed by atoms with E-state index in [0.717, 1.165) is 0 Å². The van der Waals surface area contributed by atoms with Gasteiger partial charge in [-0.3, -0.25) is 19.7 Å². The van der Waals surface area contributed by atoms with Crippen LogP contribution in [0.1, 0.15) is 38.7 Å². The first-order valence-electron chi connectivity index (χ1n) is 6.29. The van der Waals surface area contributed by atoms with E-state index < -0.39 is 34.8 Å². The van der Waals surface area contributed by atoms with Gasteiger partial charge in [0.05, 0.1) is 17.3 Å². The van der Waals surface area contributed by atoms with Gasteiger partial charge >= 0.3 is 11.9 Å². The van der Waals surface area contributed by atoms with E-state index in [1.54, 1.807) is 20.8 Å². The Labute approximate surface area is 121 Å². The van der Waals surface area contributed by atoms with Crippen LogP contribution >= 0.6 is 0 Å². The maximum Gasteiger partial charge on any atom is 0.314 e. The van der Waals surface area contributed by atoms with E-state index in [2.05, 4.69) is 0 Å². The van der Waals surface area contributed by atoms with E-state index >= 15 is 0 Å². The number of ether oxygens (including phenoxy) is 1. The normalized spacial score (nSPS) is 12.5. The molecule has 7 nitrogen and oxygen atoms in total. The van der Waals surface area contributed by atoms with Crippen LogP contribution in [-0.2, 0) is 14.3 Å². The molecule has 0 unspecified atom stereocenters. The molecule has 1 aromatic carbocycles. The number of esters is 1. The van der Waals surface area contributed by atoms with Crippen LogP contribution in [0.2, 0.25) is 0 Å². The number of nitro groups is 1. The second kappa shape index (κ2) is 6.34. The fraction of sp³-hybridized carbons (Fsp3) is 0.429. The van der Waals surface area contributed by atoms with E-state index in [0.29, 0.717) is 0 Å². The molecular weight excluding hydrogens is 278 g/mol. The molecule has 0 aliphatic carbocycles. The first-order chi connectivity index (χ1) is 9.60. The number of rotatable bonds is 5. The zero-order chi connectivity index (χ0) is 16.2. The summed E-state index contributed by atoms with van der Waals surface area (Å²) in [5.41, 5.74) is -0.721. The summed E-state index contributed by atoms with van der Waals surface area (Å²) in [6.45, 7) is 4.99. The third kappa shape index (κ3) is 5.21. The number of non-ortho nitro benzene ring substituents is 1. The lowest BCUT2D eigenvalue weighted by molar-refractivity contribution is -0.384. The molecule has 0 aliphatic heterocycles. The highest BCUT2D eigenvalue weighted by Gasteiger charge is 2.29. The molecule has 0 aliphatic rings. The predicted octanol–water partition coefficient (Wildman–Crippen LogP) is 2.49. The summed E-state index contributed by atoms with van der Waals surface area (Å²) >= 11 is 0. The van der Waals surface area contributed by atoms with Crippen LogP contribution in [0.15, 0.2) is 24.3 Å². The van der Waals surface area contributed by atoms with Gasteiger partial charge in [-0.1, -0.05) is 12.1 Å². The van der Waals surface area contributed by atoms with Crippen LogP contribution in [0.5, 0.6) is 0 Å². The Hall–Kier alpha value is -2.44. The number of carbonyl (C=O) groups is 2. The molecule has 0 aromatic heterocycles. The summed E-state index contributed by atoms with van der Waals surface area (Å²) in [4.78, 5) is 33.2. The van der Waals surface area contributed by atoms with Crippen molar-refractivity contribution in [3.63, 3.8) is 0 Å². The Morgan fingerprint density at radius 1 is 1.38 bits per heavy atom. The van der Waals surface area contributed by atoms with Gasteiger partial charge in [0.2, 0.25) is 0 Å². The second-order valence-corrected chi connectivity index (χ2v) is 5.54. The summed E-state index contributed by atoms with van der Waals surface area (Å²) in [6, 6.07) is 5.35. The summed E-state index contributed by atoms with van der Waals surface area (Å²) in [5, 5.41) is 19.7. The first kappa shape index (κ1) is 16.6. The van der Waals surface area contributed by atoms with Gasteiger partial charge in [-0.05, 0) is 26.3 Å². The molecule has 114 valence electrons. The van der Waals surface area contributed by atoms with Crippen molar-refractivity contribution in [2.45, 2.75) is 38.7 Å². The molecule has 1 aromatic rings. The van der Waals surface area contributed by atoms with Crippen molar-refractivity contribution in [2.75, 3.05) is 0 Å². The Balaban J connectivity index is 3.13. The minimum Gasteiger partial charge on any atom is -0.481 e. The molecule has 0 heterocycles. The van der Waals surface area contributed by atoms with Crippen LogP contribution in [0.4, 0.5) is 5.69 Å². The lowest BCUT2D eigenvalue weighted by atomic mass is 9.95. The molecule has 0 saturated carbocycles. The van der Waals surface area contributed by atoms with Gasteiger partial charge in [0.15, 0.2) is 0 Å². The SMILES string of the molecule is CC(C)(C)OC(=O)[C@H](CC(=O)O)c1cccc([N+](=O)[O-])c1. The summed E-state index contributed by atoms with van der Waals surface area (Å²) in [7, 11) is 0. The Morgan fingerprint density at radius 2 is 2.00 bits per heavy atom. The topological polar surface area (TPSA) is 107 Å². The number of carbonyl (C=O) groups excluding carboxylic acids is 1. The van der Waals surface area contributed by atoms with Crippen molar-refractivity contribution in [1.82, 2.24) is 0 Å².